The van der Waals surface area contributed by atoms with Gasteiger partial charge in [-0.25, -0.2) is 4.79 Å². The first kappa shape index (κ1) is 19.5. The zero-order valence-corrected chi connectivity index (χ0v) is 15.2. The van der Waals surface area contributed by atoms with Crippen LogP contribution in [-0.2, 0) is 0 Å². The van der Waals surface area contributed by atoms with Crippen LogP contribution in [0.1, 0.15) is 64.2 Å². The fourth-order valence-corrected chi connectivity index (χ4v) is 4.12. The number of urea groups is 1. The van der Waals surface area contributed by atoms with E-state index in [1.807, 2.05) is 0 Å². The Balaban J connectivity index is 1.63. The van der Waals surface area contributed by atoms with Gasteiger partial charge in [-0.1, -0.05) is 25.7 Å². The molecule has 2 rings (SSSR count). The largest absolute Gasteiger partial charge is 0.396 e. The molecule has 5 nitrogen and oxygen atoms in total. The third kappa shape index (κ3) is 6.25. The van der Waals surface area contributed by atoms with Gasteiger partial charge in [0.05, 0.1) is 0 Å². The van der Waals surface area contributed by atoms with Gasteiger partial charge in [0.2, 0.25) is 0 Å². The van der Waals surface area contributed by atoms with Crippen LogP contribution in [0.5, 0.6) is 0 Å². The molecule has 0 aliphatic carbocycles. The molecule has 5 heteroatoms. The van der Waals surface area contributed by atoms with E-state index in [-0.39, 0.29) is 6.03 Å². The third-order valence-corrected chi connectivity index (χ3v) is 5.81. The predicted octanol–water partition coefficient (Wildman–Crippen LogP) is 2.86. The molecule has 0 aromatic rings. The zero-order valence-electron chi connectivity index (χ0n) is 15.2. The van der Waals surface area contributed by atoms with E-state index in [4.69, 9.17) is 10.2 Å². The molecule has 0 aromatic heterocycles. The van der Waals surface area contributed by atoms with Crippen molar-refractivity contribution < 1.29 is 15.0 Å². The van der Waals surface area contributed by atoms with Crippen LogP contribution in [0.25, 0.3) is 0 Å². The SMILES string of the molecule is O=C(N1CCC(CCCCO)CC1)N1CCC(CCCCO)CC1. The number of amides is 2. The van der Waals surface area contributed by atoms with E-state index < -0.39 is 0 Å². The molecule has 2 N–H and O–H groups in total. The van der Waals surface area contributed by atoms with Gasteiger partial charge < -0.3 is 20.0 Å². The number of rotatable bonds is 8. The second-order valence-corrected chi connectivity index (χ2v) is 7.58. The number of likely N-dealkylation sites (tertiary alicyclic amines) is 2. The summed E-state index contributed by atoms with van der Waals surface area (Å²) in [5.41, 5.74) is 0. The van der Waals surface area contributed by atoms with Gasteiger partial charge in [0.25, 0.3) is 0 Å². The molecular formula is C19H36N2O3. The summed E-state index contributed by atoms with van der Waals surface area (Å²) in [5, 5.41) is 17.7. The highest BCUT2D eigenvalue weighted by Gasteiger charge is 2.28. The Morgan fingerprint density at radius 2 is 1.08 bits per heavy atom. The molecule has 0 aromatic carbocycles. The second kappa shape index (κ2) is 10.9. The van der Waals surface area contributed by atoms with Crippen LogP contribution >= 0.6 is 0 Å². The molecule has 2 aliphatic rings. The predicted molar refractivity (Wildman–Crippen MR) is 95.9 cm³/mol. The van der Waals surface area contributed by atoms with Gasteiger partial charge in [-0.3, -0.25) is 0 Å². The van der Waals surface area contributed by atoms with Crippen LogP contribution in [0, 0.1) is 11.8 Å². The number of aliphatic hydroxyl groups excluding tert-OH is 2. The average molecular weight is 341 g/mol. The molecule has 2 fully saturated rings. The lowest BCUT2D eigenvalue weighted by atomic mass is 9.91. The Bertz CT molecular complexity index is 317. The first-order valence-corrected chi connectivity index (χ1v) is 10.00. The Labute approximate surface area is 147 Å². The number of carbonyl (C=O) groups excluding carboxylic acids is 1. The van der Waals surface area contributed by atoms with Gasteiger partial charge in [0.1, 0.15) is 0 Å². The quantitative estimate of drug-likeness (QED) is 0.668. The standard InChI is InChI=1S/C19H36N2O3/c22-15-3-1-5-17-7-11-20(12-8-17)19(24)21-13-9-18(10-14-21)6-2-4-16-23/h17-18,22-23H,1-16H2. The number of hydrogen-bond donors (Lipinski definition) is 2. The van der Waals surface area contributed by atoms with Crippen LogP contribution in [0.3, 0.4) is 0 Å². The summed E-state index contributed by atoms with van der Waals surface area (Å²) in [4.78, 5) is 16.8. The van der Waals surface area contributed by atoms with Crippen molar-refractivity contribution in [2.45, 2.75) is 64.2 Å². The molecule has 2 heterocycles. The lowest BCUT2D eigenvalue weighted by molar-refractivity contribution is 0.113. The molecule has 0 spiro atoms. The Morgan fingerprint density at radius 3 is 1.42 bits per heavy atom. The minimum atomic E-state index is 0.248. The minimum absolute atomic E-state index is 0.248. The molecule has 0 radical (unpaired) electrons. The van der Waals surface area contributed by atoms with Gasteiger partial charge >= 0.3 is 6.03 Å². The van der Waals surface area contributed by atoms with E-state index in [9.17, 15) is 4.79 Å². The first-order valence-electron chi connectivity index (χ1n) is 10.00. The molecule has 2 aliphatic heterocycles. The fraction of sp³-hybridized carbons (Fsp3) is 0.947. The Kier molecular flexibility index (Phi) is 8.89. The second-order valence-electron chi connectivity index (χ2n) is 7.58. The van der Waals surface area contributed by atoms with Gasteiger partial charge in [-0.15, -0.1) is 0 Å². The van der Waals surface area contributed by atoms with Crippen molar-refractivity contribution in [3.63, 3.8) is 0 Å². The Morgan fingerprint density at radius 1 is 0.708 bits per heavy atom. The fourth-order valence-electron chi connectivity index (χ4n) is 4.12. The third-order valence-electron chi connectivity index (χ3n) is 5.81. The minimum Gasteiger partial charge on any atom is -0.396 e. The van der Waals surface area contributed by atoms with Crippen LogP contribution in [0.15, 0.2) is 0 Å². The lowest BCUT2D eigenvalue weighted by Crippen LogP contribution is -2.49. The topological polar surface area (TPSA) is 64.0 Å². The normalized spacial score (nSPS) is 20.6. The van der Waals surface area contributed by atoms with Crippen molar-refractivity contribution in [3.05, 3.63) is 0 Å². The number of hydrogen-bond acceptors (Lipinski definition) is 3. The number of carbonyl (C=O) groups is 1. The van der Waals surface area contributed by atoms with Crippen LogP contribution in [0.4, 0.5) is 4.79 Å². The monoisotopic (exact) mass is 340 g/mol. The summed E-state index contributed by atoms with van der Waals surface area (Å²) >= 11 is 0. The lowest BCUT2D eigenvalue weighted by Gasteiger charge is -2.38. The summed E-state index contributed by atoms with van der Waals surface area (Å²) < 4.78 is 0. The zero-order chi connectivity index (χ0) is 17.2. The van der Waals surface area contributed by atoms with Crippen molar-refractivity contribution in [1.82, 2.24) is 9.80 Å². The number of unbranched alkanes of at least 4 members (excludes halogenated alkanes) is 2. The molecule has 24 heavy (non-hydrogen) atoms. The van der Waals surface area contributed by atoms with E-state index in [1.165, 1.54) is 12.8 Å². The van der Waals surface area contributed by atoms with Gasteiger partial charge in [-0.2, -0.15) is 0 Å². The van der Waals surface area contributed by atoms with E-state index in [1.54, 1.807) is 0 Å². The molecule has 0 saturated carbocycles. The van der Waals surface area contributed by atoms with E-state index >= 15 is 0 Å². The number of aliphatic hydroxyl groups is 2. The van der Waals surface area contributed by atoms with Crippen LogP contribution in [0.2, 0.25) is 0 Å². The summed E-state index contributed by atoms with van der Waals surface area (Å²) in [6.07, 6.45) is 10.9. The van der Waals surface area contributed by atoms with Gasteiger partial charge in [0, 0.05) is 39.4 Å². The molecule has 140 valence electrons. The van der Waals surface area contributed by atoms with Crippen molar-refractivity contribution in [1.29, 1.82) is 0 Å². The maximum absolute atomic E-state index is 12.7. The maximum Gasteiger partial charge on any atom is 0.319 e. The van der Waals surface area contributed by atoms with Crippen molar-refractivity contribution >= 4 is 6.03 Å². The summed E-state index contributed by atoms with van der Waals surface area (Å²) in [6.45, 7) is 4.21. The summed E-state index contributed by atoms with van der Waals surface area (Å²) in [6, 6.07) is 0.248. The van der Waals surface area contributed by atoms with Crippen molar-refractivity contribution in [2.75, 3.05) is 39.4 Å². The summed E-state index contributed by atoms with van der Waals surface area (Å²) in [5.74, 6) is 1.47. The Hall–Kier alpha value is -0.810. The van der Waals surface area contributed by atoms with E-state index in [2.05, 4.69) is 9.80 Å². The summed E-state index contributed by atoms with van der Waals surface area (Å²) in [7, 11) is 0. The maximum atomic E-state index is 12.7. The number of piperidine rings is 2. The highest BCUT2D eigenvalue weighted by molar-refractivity contribution is 5.74. The highest BCUT2D eigenvalue weighted by atomic mass is 16.3. The first-order chi connectivity index (χ1) is 11.7. The molecule has 0 atom stereocenters. The van der Waals surface area contributed by atoms with Gasteiger partial charge in [0.15, 0.2) is 0 Å². The highest BCUT2D eigenvalue weighted by Crippen LogP contribution is 2.26. The van der Waals surface area contributed by atoms with E-state index in [0.29, 0.717) is 13.2 Å². The van der Waals surface area contributed by atoms with E-state index in [0.717, 1.165) is 89.4 Å². The van der Waals surface area contributed by atoms with Crippen molar-refractivity contribution in [3.8, 4) is 0 Å². The molecular weight excluding hydrogens is 304 g/mol. The molecule has 2 amide bonds. The van der Waals surface area contributed by atoms with Crippen LogP contribution in [-0.4, -0.2) is 65.4 Å². The molecule has 2 saturated heterocycles. The molecule has 0 unspecified atom stereocenters. The van der Waals surface area contributed by atoms with Crippen molar-refractivity contribution in [2.24, 2.45) is 11.8 Å². The van der Waals surface area contributed by atoms with Gasteiger partial charge in [-0.05, 0) is 50.4 Å². The number of nitrogens with zero attached hydrogens (tertiary/aromatic N) is 2. The average Bonchev–Trinajstić information content (AvgIpc) is 2.63. The van der Waals surface area contributed by atoms with Crippen LogP contribution < -0.4 is 0 Å². The molecule has 0 bridgehead atoms. The smallest absolute Gasteiger partial charge is 0.319 e.